The van der Waals surface area contributed by atoms with Crippen molar-refractivity contribution in [1.82, 2.24) is 19.8 Å². The summed E-state index contributed by atoms with van der Waals surface area (Å²) in [5, 5.41) is 26.0. The van der Waals surface area contributed by atoms with Crippen molar-refractivity contribution in [2.24, 2.45) is 11.8 Å². The normalized spacial score (nSPS) is 23.2. The van der Waals surface area contributed by atoms with Crippen LogP contribution < -0.4 is 40.8 Å². The Hall–Kier alpha value is -4.64. The summed E-state index contributed by atoms with van der Waals surface area (Å²) < 4.78 is 45.6. The van der Waals surface area contributed by atoms with Crippen molar-refractivity contribution >= 4 is 69.9 Å². The second kappa shape index (κ2) is 17.0. The number of nitrogens with one attached hydrogen (secondary N) is 2. The molecule has 0 unspecified atom stereocenters. The minimum atomic E-state index is -1.30. The molecule has 4 N–H and O–H groups in total. The quantitative estimate of drug-likeness (QED) is 0.174. The van der Waals surface area contributed by atoms with Crippen LogP contribution in [0.4, 0.5) is 20.2 Å². The van der Waals surface area contributed by atoms with Gasteiger partial charge in [0.25, 0.3) is 0 Å². The number of benzene rings is 2. The fraction of sp³-hybridized carbons (Fsp3) is 0.524. The summed E-state index contributed by atoms with van der Waals surface area (Å²) >= 11 is 0. The molecule has 0 radical (unpaired) electrons. The molecule has 60 heavy (non-hydrogen) atoms. The number of carbonyl (C=O) groups is 2. The van der Waals surface area contributed by atoms with Gasteiger partial charge in [-0.3, -0.25) is 9.59 Å². The number of piperidine rings is 2. The second-order valence-electron chi connectivity index (χ2n) is 16.6. The molecule has 6 heterocycles. The molecule has 4 aromatic rings. The molecule has 0 bridgehead atoms. The average molecular weight is 876 g/mol. The smallest absolute Gasteiger partial charge is 0.341 e. The van der Waals surface area contributed by atoms with Crippen LogP contribution in [-0.4, -0.2) is 96.9 Å². The van der Waals surface area contributed by atoms with Gasteiger partial charge < -0.3 is 49.3 Å². The Balaban J connectivity index is 0.000000176. The molecule has 6 fully saturated rings. The van der Waals surface area contributed by atoms with E-state index in [0.717, 1.165) is 77.5 Å². The van der Waals surface area contributed by atoms with Gasteiger partial charge in [-0.25, -0.2) is 18.4 Å². The number of hydrogen-bond acceptors (Lipinski definition) is 10. The van der Waals surface area contributed by atoms with Crippen LogP contribution in [0.2, 0.25) is 0 Å². The van der Waals surface area contributed by atoms with Crippen LogP contribution in [0.3, 0.4) is 0 Å². The summed E-state index contributed by atoms with van der Waals surface area (Å²) in [4.78, 5) is 52.7. The molecule has 14 nitrogen and oxygen atoms in total. The van der Waals surface area contributed by atoms with Crippen molar-refractivity contribution in [2.45, 2.75) is 75.5 Å². The maximum atomic E-state index is 15.3. The van der Waals surface area contributed by atoms with E-state index < -0.39 is 34.4 Å². The highest BCUT2D eigenvalue weighted by atomic mass is 35.5. The number of fused-ring (bicyclic) bond motifs is 4. The standard InChI is InChI=1S/2C21H24FN3O4.2ClH/c2*1-29-20-17-13(19(26)14(21(27)28)9-25(17)12-4-5-12)7-15(22)18(20)24-8-11-3-2-6-23-16(11)10-24;;/h2*7,9,11-12,16,23H,2-6,8,10H2,1H3,(H,27,28);2*1H/t2*11-,16+;;/m00../s1. The average Bonchev–Trinajstić information content (AvgIpc) is 4.15. The zero-order valence-corrected chi connectivity index (χ0v) is 35.0. The fourth-order valence-electron chi connectivity index (χ4n) is 9.91. The van der Waals surface area contributed by atoms with Crippen LogP contribution in [0.25, 0.3) is 21.8 Å². The number of carboxylic acid groups (broad SMARTS) is 2. The van der Waals surface area contributed by atoms with E-state index in [0.29, 0.717) is 70.9 Å². The third-order valence-electron chi connectivity index (χ3n) is 13.0. The summed E-state index contributed by atoms with van der Waals surface area (Å²) in [6.07, 6.45) is 10.8. The molecule has 4 aliphatic heterocycles. The molecule has 2 saturated carbocycles. The predicted molar refractivity (Wildman–Crippen MR) is 228 cm³/mol. The number of ether oxygens (including phenoxy) is 2. The maximum Gasteiger partial charge on any atom is 0.341 e. The Kier molecular flexibility index (Phi) is 12.3. The highest BCUT2D eigenvalue weighted by molar-refractivity contribution is 5.98. The van der Waals surface area contributed by atoms with E-state index in [1.165, 1.54) is 38.7 Å². The minimum absolute atomic E-state index is 0. The molecule has 18 heteroatoms. The molecule has 6 aliphatic rings. The lowest BCUT2D eigenvalue weighted by Gasteiger charge is -2.25. The second-order valence-corrected chi connectivity index (χ2v) is 16.6. The van der Waals surface area contributed by atoms with Gasteiger partial charge in [0.2, 0.25) is 10.9 Å². The number of aromatic nitrogens is 2. The number of nitrogens with zero attached hydrogens (tertiary/aromatic N) is 4. The fourth-order valence-corrected chi connectivity index (χ4v) is 9.91. The van der Waals surface area contributed by atoms with Crippen LogP contribution in [0.5, 0.6) is 11.5 Å². The zero-order valence-electron chi connectivity index (χ0n) is 33.4. The zero-order chi connectivity index (χ0) is 40.6. The van der Waals surface area contributed by atoms with E-state index in [1.54, 1.807) is 9.13 Å². The van der Waals surface area contributed by atoms with Crippen LogP contribution in [0.1, 0.15) is 84.2 Å². The van der Waals surface area contributed by atoms with Crippen molar-refractivity contribution in [2.75, 3.05) is 63.3 Å². The lowest BCUT2D eigenvalue weighted by Crippen LogP contribution is -2.40. The van der Waals surface area contributed by atoms with E-state index in [1.807, 2.05) is 9.80 Å². The Bertz CT molecular complexity index is 2280. The highest BCUT2D eigenvalue weighted by Gasteiger charge is 2.40. The molecular weight excluding hydrogens is 825 g/mol. The van der Waals surface area contributed by atoms with E-state index in [9.17, 15) is 29.4 Å². The van der Waals surface area contributed by atoms with Crippen molar-refractivity contribution in [3.05, 3.63) is 67.7 Å². The number of anilines is 2. The Labute approximate surface area is 356 Å². The van der Waals surface area contributed by atoms with E-state index in [-0.39, 0.29) is 58.8 Å². The van der Waals surface area contributed by atoms with Gasteiger partial charge in [-0.1, -0.05) is 0 Å². The topological polar surface area (TPSA) is 168 Å². The first-order valence-electron chi connectivity index (χ1n) is 20.3. The molecule has 0 amide bonds. The summed E-state index contributed by atoms with van der Waals surface area (Å²) in [5.41, 5.74) is -0.311. The highest BCUT2D eigenvalue weighted by Crippen LogP contribution is 2.47. The predicted octanol–water partition coefficient (Wildman–Crippen LogP) is 5.58. The first kappa shape index (κ1) is 43.4. The third-order valence-corrected chi connectivity index (χ3v) is 13.0. The molecule has 2 aromatic carbocycles. The third kappa shape index (κ3) is 7.53. The molecule has 324 valence electrons. The summed E-state index contributed by atoms with van der Waals surface area (Å²) in [5.74, 6) is -2.13. The number of hydrogen-bond donors (Lipinski definition) is 4. The van der Waals surface area contributed by atoms with Crippen LogP contribution in [0, 0.1) is 23.5 Å². The first-order valence-corrected chi connectivity index (χ1v) is 20.3. The van der Waals surface area contributed by atoms with Crippen LogP contribution in [0.15, 0.2) is 34.1 Å². The number of pyridine rings is 2. The number of methoxy groups -OCH3 is 2. The lowest BCUT2D eigenvalue weighted by atomic mass is 9.94. The first-order chi connectivity index (χ1) is 28.0. The molecule has 2 aliphatic carbocycles. The number of carboxylic acids is 2. The molecule has 4 saturated heterocycles. The molecule has 4 atom stereocenters. The van der Waals surface area contributed by atoms with Crippen molar-refractivity contribution in [3.63, 3.8) is 0 Å². The summed E-state index contributed by atoms with van der Waals surface area (Å²) in [7, 11) is 2.96. The van der Waals surface area contributed by atoms with Gasteiger partial charge in [0.05, 0.1) is 36.0 Å². The van der Waals surface area contributed by atoms with Gasteiger partial charge in [0, 0.05) is 62.7 Å². The Morgan fingerprint density at radius 3 is 1.35 bits per heavy atom. The van der Waals surface area contributed by atoms with E-state index >= 15 is 8.78 Å². The van der Waals surface area contributed by atoms with Gasteiger partial charge in [-0.15, -0.1) is 24.8 Å². The molecule has 2 aromatic heterocycles. The summed E-state index contributed by atoms with van der Waals surface area (Å²) in [6, 6.07) is 3.23. The number of aromatic carboxylic acids is 2. The number of halogens is 4. The SMILES string of the molecule is COc1c(N2C[C@@H]3CCCN[C@@H]3C2)c(F)cc2c(=O)c(C(=O)O)cn(C3CC3)c12.COc1c(N2C[C@@H]3CCCN[C@@H]3C2)c(F)cc2c(=O)c(C(=O)O)cn(C3CC3)c12.Cl.Cl. The summed E-state index contributed by atoms with van der Waals surface area (Å²) in [6.45, 7) is 4.79. The van der Waals surface area contributed by atoms with Gasteiger partial charge in [-0.05, 0) is 88.4 Å². The van der Waals surface area contributed by atoms with Gasteiger partial charge in [-0.2, -0.15) is 0 Å². The minimum Gasteiger partial charge on any atom is -0.492 e. The number of rotatable bonds is 8. The van der Waals surface area contributed by atoms with E-state index in [2.05, 4.69) is 10.6 Å². The van der Waals surface area contributed by atoms with Crippen LogP contribution in [-0.2, 0) is 0 Å². The Morgan fingerprint density at radius 2 is 1.03 bits per heavy atom. The molecule has 10 rings (SSSR count). The van der Waals surface area contributed by atoms with Gasteiger partial charge in [0.15, 0.2) is 23.1 Å². The maximum absolute atomic E-state index is 15.3. The monoisotopic (exact) mass is 874 g/mol. The lowest BCUT2D eigenvalue weighted by molar-refractivity contribution is 0.0684. The van der Waals surface area contributed by atoms with Crippen LogP contribution >= 0.6 is 24.8 Å². The molecular formula is C42H50Cl2F2N6O8. The molecule has 0 spiro atoms. The Morgan fingerprint density at radius 1 is 0.650 bits per heavy atom. The largest absolute Gasteiger partial charge is 0.492 e. The van der Waals surface area contributed by atoms with Gasteiger partial charge in [0.1, 0.15) is 22.5 Å². The van der Waals surface area contributed by atoms with Crippen molar-refractivity contribution in [1.29, 1.82) is 0 Å². The van der Waals surface area contributed by atoms with Crippen molar-refractivity contribution < 1.29 is 38.1 Å². The van der Waals surface area contributed by atoms with Gasteiger partial charge >= 0.3 is 11.9 Å². The van der Waals surface area contributed by atoms with E-state index in [4.69, 9.17) is 9.47 Å². The van der Waals surface area contributed by atoms with Crippen molar-refractivity contribution in [3.8, 4) is 11.5 Å².